The molecular formula is C21H31N5O. The topological polar surface area (TPSA) is 44.6 Å². The summed E-state index contributed by atoms with van der Waals surface area (Å²) < 4.78 is 2.24. The molecule has 1 atom stereocenters. The minimum Gasteiger partial charge on any atom is -0.378 e. The summed E-state index contributed by atoms with van der Waals surface area (Å²) in [5.41, 5.74) is 1.81. The maximum Gasteiger partial charge on any atom is 0.253 e. The standard InChI is InChI=1S/C21H31N5O/c1-23(2)13-14-25-12-10-22-20(25)18-8-6-11-26(16-18)21(27)17-7-5-9-19(15-17)24(3)4/h5,7,9-10,12,15,18H,6,8,11,13-14,16H2,1-4H3/t18-/m1/s1. The molecule has 6 heteroatoms. The van der Waals surface area contributed by atoms with Crippen molar-refractivity contribution in [3.05, 3.63) is 48.0 Å². The molecule has 0 unspecified atom stereocenters. The summed E-state index contributed by atoms with van der Waals surface area (Å²) in [5.74, 6) is 1.53. The largest absolute Gasteiger partial charge is 0.378 e. The van der Waals surface area contributed by atoms with E-state index in [0.717, 1.165) is 56.1 Å². The van der Waals surface area contributed by atoms with Crippen molar-refractivity contribution in [3.63, 3.8) is 0 Å². The second-order valence-corrected chi connectivity index (χ2v) is 7.82. The highest BCUT2D eigenvalue weighted by molar-refractivity contribution is 5.95. The Morgan fingerprint density at radius 1 is 1.26 bits per heavy atom. The van der Waals surface area contributed by atoms with Gasteiger partial charge in [-0.1, -0.05) is 6.07 Å². The van der Waals surface area contributed by atoms with Gasteiger partial charge in [0.15, 0.2) is 0 Å². The molecule has 1 aliphatic rings. The Morgan fingerprint density at radius 2 is 2.07 bits per heavy atom. The fraction of sp³-hybridized carbons (Fsp3) is 0.524. The van der Waals surface area contributed by atoms with Gasteiger partial charge in [0.2, 0.25) is 0 Å². The van der Waals surface area contributed by atoms with Crippen molar-refractivity contribution in [1.82, 2.24) is 19.4 Å². The molecule has 0 radical (unpaired) electrons. The number of nitrogens with zero attached hydrogens (tertiary/aromatic N) is 5. The maximum atomic E-state index is 13.1. The molecule has 0 saturated carbocycles. The summed E-state index contributed by atoms with van der Waals surface area (Å²) in [7, 11) is 8.15. The monoisotopic (exact) mass is 369 g/mol. The second kappa shape index (κ2) is 8.57. The average Bonchev–Trinajstić information content (AvgIpc) is 3.14. The Bertz CT molecular complexity index is 767. The smallest absolute Gasteiger partial charge is 0.253 e. The molecule has 146 valence electrons. The molecule has 27 heavy (non-hydrogen) atoms. The van der Waals surface area contributed by atoms with Gasteiger partial charge in [0.05, 0.1) is 0 Å². The predicted molar refractivity (Wildman–Crippen MR) is 109 cm³/mol. The number of rotatable bonds is 6. The van der Waals surface area contributed by atoms with Crippen LogP contribution in [0.4, 0.5) is 5.69 Å². The van der Waals surface area contributed by atoms with Crippen molar-refractivity contribution in [2.45, 2.75) is 25.3 Å². The molecule has 2 heterocycles. The van der Waals surface area contributed by atoms with Crippen LogP contribution in [0.3, 0.4) is 0 Å². The van der Waals surface area contributed by atoms with Gasteiger partial charge in [-0.2, -0.15) is 0 Å². The first-order valence-corrected chi connectivity index (χ1v) is 9.68. The highest BCUT2D eigenvalue weighted by Gasteiger charge is 2.28. The zero-order chi connectivity index (χ0) is 19.4. The number of carbonyl (C=O) groups excluding carboxylic acids is 1. The number of benzene rings is 1. The van der Waals surface area contributed by atoms with Crippen LogP contribution in [0.15, 0.2) is 36.7 Å². The third-order valence-corrected chi connectivity index (χ3v) is 5.22. The predicted octanol–water partition coefficient (Wildman–Crippen LogP) is 2.53. The number of hydrogen-bond donors (Lipinski definition) is 0. The highest BCUT2D eigenvalue weighted by atomic mass is 16.2. The minimum absolute atomic E-state index is 0.120. The van der Waals surface area contributed by atoms with E-state index in [1.54, 1.807) is 0 Å². The van der Waals surface area contributed by atoms with E-state index >= 15 is 0 Å². The van der Waals surface area contributed by atoms with E-state index < -0.39 is 0 Å². The van der Waals surface area contributed by atoms with Crippen molar-refractivity contribution in [2.24, 2.45) is 0 Å². The van der Waals surface area contributed by atoms with Gasteiger partial charge in [-0.25, -0.2) is 4.98 Å². The van der Waals surface area contributed by atoms with Crippen LogP contribution in [0.2, 0.25) is 0 Å². The quantitative estimate of drug-likeness (QED) is 0.785. The van der Waals surface area contributed by atoms with Gasteiger partial charge in [0, 0.05) is 69.8 Å². The van der Waals surface area contributed by atoms with Crippen LogP contribution < -0.4 is 4.90 Å². The third kappa shape index (κ3) is 4.69. The van der Waals surface area contributed by atoms with Crippen LogP contribution in [0.5, 0.6) is 0 Å². The summed E-state index contributed by atoms with van der Waals surface area (Å²) >= 11 is 0. The van der Waals surface area contributed by atoms with Crippen LogP contribution in [0, 0.1) is 0 Å². The number of anilines is 1. The third-order valence-electron chi connectivity index (χ3n) is 5.22. The molecule has 1 aliphatic heterocycles. The van der Waals surface area contributed by atoms with Gasteiger partial charge in [-0.15, -0.1) is 0 Å². The Balaban J connectivity index is 1.72. The first-order chi connectivity index (χ1) is 13.0. The zero-order valence-corrected chi connectivity index (χ0v) is 16.9. The van der Waals surface area contributed by atoms with Crippen LogP contribution in [-0.4, -0.2) is 73.1 Å². The Kier molecular flexibility index (Phi) is 6.16. The molecule has 0 aliphatic carbocycles. The van der Waals surface area contributed by atoms with Crippen molar-refractivity contribution < 1.29 is 4.79 Å². The summed E-state index contributed by atoms with van der Waals surface area (Å²) in [5, 5.41) is 0. The van der Waals surface area contributed by atoms with Crippen molar-refractivity contribution in [1.29, 1.82) is 0 Å². The molecule has 0 bridgehead atoms. The Morgan fingerprint density at radius 3 is 2.81 bits per heavy atom. The van der Waals surface area contributed by atoms with Gasteiger partial charge >= 0.3 is 0 Å². The van der Waals surface area contributed by atoms with E-state index in [2.05, 4.69) is 34.7 Å². The van der Waals surface area contributed by atoms with Crippen molar-refractivity contribution in [3.8, 4) is 0 Å². The highest BCUT2D eigenvalue weighted by Crippen LogP contribution is 2.27. The Hall–Kier alpha value is -2.34. The van der Waals surface area contributed by atoms with E-state index in [0.29, 0.717) is 5.92 Å². The molecule has 0 spiro atoms. The molecule has 0 N–H and O–H groups in total. The number of aromatic nitrogens is 2. The zero-order valence-electron chi connectivity index (χ0n) is 16.9. The van der Waals surface area contributed by atoms with E-state index in [-0.39, 0.29) is 5.91 Å². The number of piperidine rings is 1. The number of likely N-dealkylation sites (N-methyl/N-ethyl adjacent to an activating group) is 1. The van der Waals surface area contributed by atoms with Gasteiger partial charge in [0.1, 0.15) is 5.82 Å². The van der Waals surface area contributed by atoms with Crippen LogP contribution in [0.25, 0.3) is 0 Å². The van der Waals surface area contributed by atoms with Gasteiger partial charge in [-0.3, -0.25) is 4.79 Å². The lowest BCUT2D eigenvalue weighted by Crippen LogP contribution is -2.40. The van der Waals surface area contributed by atoms with Crippen LogP contribution in [0.1, 0.15) is 34.9 Å². The number of likely N-dealkylation sites (tertiary alicyclic amines) is 1. The van der Waals surface area contributed by atoms with Crippen LogP contribution >= 0.6 is 0 Å². The molecule has 1 amide bonds. The van der Waals surface area contributed by atoms with E-state index in [1.807, 2.05) is 54.4 Å². The Labute approximate surface area is 162 Å². The minimum atomic E-state index is 0.120. The van der Waals surface area contributed by atoms with E-state index in [4.69, 9.17) is 0 Å². The SMILES string of the molecule is CN(C)CCn1ccnc1[C@@H]1CCCN(C(=O)c2cccc(N(C)C)c2)C1. The van der Waals surface area contributed by atoms with Crippen LogP contribution in [-0.2, 0) is 6.54 Å². The summed E-state index contributed by atoms with van der Waals surface area (Å²) in [6, 6.07) is 7.87. The normalized spacial score (nSPS) is 17.4. The lowest BCUT2D eigenvalue weighted by atomic mass is 9.96. The molecule has 2 aromatic rings. The number of hydrogen-bond acceptors (Lipinski definition) is 4. The van der Waals surface area contributed by atoms with E-state index in [9.17, 15) is 4.79 Å². The average molecular weight is 370 g/mol. The first-order valence-electron chi connectivity index (χ1n) is 9.68. The molecule has 1 saturated heterocycles. The number of carbonyl (C=O) groups is 1. The maximum absolute atomic E-state index is 13.1. The summed E-state index contributed by atoms with van der Waals surface area (Å²) in [4.78, 5) is 23.9. The number of imidazole rings is 1. The number of amides is 1. The molecule has 1 fully saturated rings. The van der Waals surface area contributed by atoms with Gasteiger partial charge in [0.25, 0.3) is 5.91 Å². The molecule has 1 aromatic heterocycles. The van der Waals surface area contributed by atoms with Crippen molar-refractivity contribution in [2.75, 3.05) is 52.7 Å². The van der Waals surface area contributed by atoms with Gasteiger partial charge in [-0.05, 0) is 45.1 Å². The lowest BCUT2D eigenvalue weighted by molar-refractivity contribution is 0.0703. The molecule has 6 nitrogen and oxygen atoms in total. The molecular weight excluding hydrogens is 338 g/mol. The first kappa shape index (κ1) is 19.4. The van der Waals surface area contributed by atoms with Crippen molar-refractivity contribution >= 4 is 11.6 Å². The van der Waals surface area contributed by atoms with E-state index in [1.165, 1.54) is 0 Å². The lowest BCUT2D eigenvalue weighted by Gasteiger charge is -2.33. The van der Waals surface area contributed by atoms with Gasteiger partial charge < -0.3 is 19.3 Å². The summed E-state index contributed by atoms with van der Waals surface area (Å²) in [6.45, 7) is 3.47. The fourth-order valence-corrected chi connectivity index (χ4v) is 3.65. The fourth-order valence-electron chi connectivity index (χ4n) is 3.65. The molecule has 1 aromatic carbocycles. The summed E-state index contributed by atoms with van der Waals surface area (Å²) in [6.07, 6.45) is 6.04. The second-order valence-electron chi connectivity index (χ2n) is 7.82. The molecule has 3 rings (SSSR count).